The Morgan fingerprint density at radius 1 is 1.17 bits per heavy atom. The Labute approximate surface area is 198 Å². The van der Waals surface area contributed by atoms with Crippen LogP contribution in [0.15, 0.2) is 15.8 Å². The highest BCUT2D eigenvalue weighted by Crippen LogP contribution is 2.30. The molecule has 1 aromatic rings. The van der Waals surface area contributed by atoms with Gasteiger partial charge in [-0.05, 0) is 0 Å². The summed E-state index contributed by atoms with van der Waals surface area (Å²) in [7, 11) is 0. The Kier molecular flexibility index (Phi) is 8.85. The number of aromatic nitrogens is 2. The van der Waals surface area contributed by atoms with Crippen molar-refractivity contribution in [2.75, 3.05) is 6.61 Å². The summed E-state index contributed by atoms with van der Waals surface area (Å²) in [6.45, 7) is -0.857. The van der Waals surface area contributed by atoms with Gasteiger partial charge in [-0.2, -0.15) is 0 Å². The molecule has 0 bridgehead atoms. The molecule has 36 heavy (non-hydrogen) atoms. The molecule has 19 nitrogen and oxygen atoms in total. The summed E-state index contributed by atoms with van der Waals surface area (Å²) in [6, 6.07) is -4.17. The van der Waals surface area contributed by atoms with E-state index in [1.165, 1.54) is 0 Å². The lowest BCUT2D eigenvalue weighted by Gasteiger charge is -2.27. The van der Waals surface area contributed by atoms with Gasteiger partial charge in [-0.15, -0.1) is 0 Å². The van der Waals surface area contributed by atoms with E-state index in [1.54, 1.807) is 4.98 Å². The molecule has 1 aliphatic rings. The first kappa shape index (κ1) is 28.4. The van der Waals surface area contributed by atoms with Crippen LogP contribution < -0.4 is 28.0 Å². The smallest absolute Gasteiger partial charge is 0.404 e. The number of aliphatic carboxylic acids is 1. The second-order valence-corrected chi connectivity index (χ2v) is 7.53. The second kappa shape index (κ2) is 11.2. The van der Waals surface area contributed by atoms with Crippen molar-refractivity contribution < 1.29 is 59.3 Å². The van der Waals surface area contributed by atoms with Crippen molar-refractivity contribution in [3.63, 3.8) is 0 Å². The predicted molar refractivity (Wildman–Crippen MR) is 109 cm³/mol. The van der Waals surface area contributed by atoms with Crippen LogP contribution in [0.2, 0.25) is 0 Å². The van der Waals surface area contributed by atoms with E-state index in [4.69, 9.17) is 21.3 Å². The van der Waals surface area contributed by atoms with E-state index in [1.807, 2.05) is 5.32 Å². The molecule has 2 amide bonds. The first-order valence-electron chi connectivity index (χ1n) is 9.84. The minimum Gasteiger partial charge on any atom is -0.480 e. The van der Waals surface area contributed by atoms with Crippen LogP contribution in [0.5, 0.6) is 0 Å². The van der Waals surface area contributed by atoms with Gasteiger partial charge >= 0.3 is 23.7 Å². The summed E-state index contributed by atoms with van der Waals surface area (Å²) in [5.41, 5.74) is 6.72. The number of rotatable bonds is 10. The SMILES string of the molecule is NC(=O)OCC(O)C(O)C(N)C(=O)N[C@H](C(=O)O)C1OC(n2cc(C(=O)O)c(=O)[nH]c2=O)C(O)C1O. The van der Waals surface area contributed by atoms with Gasteiger partial charge in [0, 0.05) is 6.20 Å². The molecule has 0 radical (unpaired) electrons. The third-order valence-electron chi connectivity index (χ3n) is 5.10. The lowest BCUT2D eigenvalue weighted by Crippen LogP contribution is -2.60. The summed E-state index contributed by atoms with van der Waals surface area (Å²) in [6.07, 6.45) is -12.8. The van der Waals surface area contributed by atoms with Gasteiger partial charge in [-0.25, -0.2) is 19.2 Å². The number of carbonyl (C=O) groups excluding carboxylic acids is 2. The zero-order valence-corrected chi connectivity index (χ0v) is 18.0. The Balaban J connectivity index is 2.25. The standard InChI is InChI=1S/C17H23N5O14/c18-5(7(24)4(23)2-35-16(19)33)12(28)20-6(15(31)32)10-8(25)9(26)13(36-10)22-1-3(14(29)30)11(27)21-17(22)34/h1,4-10,13,23-26H,2,18H2,(H2,19,33)(H,20,28)(H,29,30)(H,31,32)(H,21,27,34)/t4?,5?,6-,7?,8?,9?,10?,13?/m0/s1. The number of nitrogens with zero attached hydrogens (tertiary/aromatic N) is 1. The minimum atomic E-state index is -2.16. The van der Waals surface area contributed by atoms with E-state index in [2.05, 4.69) is 4.74 Å². The molecular formula is C17H23N5O14. The van der Waals surface area contributed by atoms with Crippen molar-refractivity contribution in [3.8, 4) is 0 Å². The molecule has 200 valence electrons. The third-order valence-corrected chi connectivity index (χ3v) is 5.10. The number of carboxylic acid groups (broad SMARTS) is 2. The molecule has 0 spiro atoms. The summed E-state index contributed by atoms with van der Waals surface area (Å²) in [5.74, 6) is -4.98. The molecule has 1 fully saturated rings. The number of carboxylic acids is 2. The van der Waals surface area contributed by atoms with Crippen molar-refractivity contribution in [3.05, 3.63) is 32.6 Å². The topological polar surface area (TPSA) is 327 Å². The van der Waals surface area contributed by atoms with Gasteiger partial charge < -0.3 is 56.9 Å². The van der Waals surface area contributed by atoms with Crippen LogP contribution in [0, 0.1) is 0 Å². The predicted octanol–water partition coefficient (Wildman–Crippen LogP) is -6.43. The Morgan fingerprint density at radius 2 is 1.78 bits per heavy atom. The van der Waals surface area contributed by atoms with Gasteiger partial charge in [0.15, 0.2) is 12.3 Å². The van der Waals surface area contributed by atoms with Crippen molar-refractivity contribution >= 4 is 23.9 Å². The number of hydrogen-bond acceptors (Lipinski definition) is 13. The number of aliphatic hydroxyl groups excluding tert-OH is 4. The lowest BCUT2D eigenvalue weighted by atomic mass is 10.0. The van der Waals surface area contributed by atoms with Crippen molar-refractivity contribution in [2.45, 2.75) is 48.8 Å². The van der Waals surface area contributed by atoms with Crippen LogP contribution in [0.4, 0.5) is 4.79 Å². The number of H-pyrrole nitrogens is 1. The Bertz CT molecular complexity index is 1130. The average molecular weight is 521 g/mol. The number of carbonyl (C=O) groups is 4. The number of amides is 2. The zero-order valence-electron chi connectivity index (χ0n) is 18.0. The first-order valence-corrected chi connectivity index (χ1v) is 9.84. The molecule has 19 heteroatoms. The highest BCUT2D eigenvalue weighted by molar-refractivity contribution is 5.88. The quantitative estimate of drug-likeness (QED) is 0.137. The van der Waals surface area contributed by atoms with Gasteiger partial charge in [0.1, 0.15) is 48.7 Å². The molecule has 0 saturated carbocycles. The van der Waals surface area contributed by atoms with Gasteiger partial charge in [0.2, 0.25) is 5.91 Å². The van der Waals surface area contributed by atoms with E-state index >= 15 is 0 Å². The van der Waals surface area contributed by atoms with Gasteiger partial charge in [0.25, 0.3) is 5.56 Å². The molecule has 8 atom stereocenters. The number of aromatic amines is 1. The maximum Gasteiger partial charge on any atom is 0.404 e. The van der Waals surface area contributed by atoms with Crippen LogP contribution in [0.25, 0.3) is 0 Å². The van der Waals surface area contributed by atoms with Gasteiger partial charge in [-0.1, -0.05) is 0 Å². The number of ether oxygens (including phenoxy) is 2. The van der Waals surface area contributed by atoms with Crippen LogP contribution in [-0.2, 0) is 19.1 Å². The van der Waals surface area contributed by atoms with Gasteiger partial charge in [0.05, 0.1) is 0 Å². The van der Waals surface area contributed by atoms with E-state index < -0.39 is 96.2 Å². The van der Waals surface area contributed by atoms with Crippen molar-refractivity contribution in [1.82, 2.24) is 14.9 Å². The van der Waals surface area contributed by atoms with Crippen molar-refractivity contribution in [1.29, 1.82) is 0 Å². The Morgan fingerprint density at radius 3 is 2.31 bits per heavy atom. The third kappa shape index (κ3) is 6.02. The van der Waals surface area contributed by atoms with Gasteiger partial charge in [-0.3, -0.25) is 19.1 Å². The highest BCUT2D eigenvalue weighted by Gasteiger charge is 2.50. The van der Waals surface area contributed by atoms with E-state index in [0.29, 0.717) is 10.8 Å². The molecular weight excluding hydrogens is 498 g/mol. The van der Waals surface area contributed by atoms with Crippen LogP contribution in [-0.4, -0.2) is 113 Å². The number of nitrogens with two attached hydrogens (primary N) is 2. The fraction of sp³-hybridized carbons (Fsp3) is 0.529. The molecule has 7 unspecified atom stereocenters. The number of aliphatic hydroxyl groups is 4. The monoisotopic (exact) mass is 521 g/mol. The van der Waals surface area contributed by atoms with Crippen LogP contribution in [0.3, 0.4) is 0 Å². The zero-order chi connectivity index (χ0) is 27.5. The van der Waals surface area contributed by atoms with E-state index in [0.717, 1.165) is 0 Å². The molecule has 1 saturated heterocycles. The largest absolute Gasteiger partial charge is 0.480 e. The van der Waals surface area contributed by atoms with Crippen molar-refractivity contribution in [2.24, 2.45) is 11.5 Å². The molecule has 2 rings (SSSR count). The maximum absolute atomic E-state index is 12.4. The summed E-state index contributed by atoms with van der Waals surface area (Å²) in [5, 5.41) is 60.7. The molecule has 2 heterocycles. The molecule has 1 aromatic heterocycles. The summed E-state index contributed by atoms with van der Waals surface area (Å²) < 4.78 is 9.88. The molecule has 1 aliphatic heterocycles. The molecule has 12 N–H and O–H groups in total. The fourth-order valence-corrected chi connectivity index (χ4v) is 3.21. The average Bonchev–Trinajstić information content (AvgIpc) is 3.08. The number of hydrogen-bond donors (Lipinski definition) is 10. The van der Waals surface area contributed by atoms with Crippen LogP contribution in [0.1, 0.15) is 16.6 Å². The van der Waals surface area contributed by atoms with Crippen LogP contribution >= 0.6 is 0 Å². The van der Waals surface area contributed by atoms with E-state index in [9.17, 15) is 54.3 Å². The normalized spacial score (nSPS) is 24.8. The lowest BCUT2D eigenvalue weighted by molar-refractivity contribution is -0.150. The number of nitrogens with one attached hydrogen (secondary N) is 2. The highest BCUT2D eigenvalue weighted by atomic mass is 16.6. The maximum atomic E-state index is 12.4. The van der Waals surface area contributed by atoms with E-state index in [-0.39, 0.29) is 0 Å². The Hall–Kier alpha value is -3.88. The fourth-order valence-electron chi connectivity index (χ4n) is 3.21. The summed E-state index contributed by atoms with van der Waals surface area (Å²) in [4.78, 5) is 71.3. The number of primary amides is 1. The second-order valence-electron chi connectivity index (χ2n) is 7.53. The first-order chi connectivity index (χ1) is 16.7. The molecule has 0 aliphatic carbocycles. The summed E-state index contributed by atoms with van der Waals surface area (Å²) >= 11 is 0. The molecule has 0 aromatic carbocycles. The number of aromatic carboxylic acids is 1. The minimum absolute atomic E-state index is 0.393.